The van der Waals surface area contributed by atoms with Crippen molar-refractivity contribution in [3.8, 4) is 11.6 Å². The van der Waals surface area contributed by atoms with E-state index in [4.69, 9.17) is 4.74 Å². The first-order valence-electron chi connectivity index (χ1n) is 18.9. The molecule has 5 heteroatoms. The molecule has 0 radical (unpaired) electrons. The smallest absolute Gasteiger partial charge is 0.216 e. The summed E-state index contributed by atoms with van der Waals surface area (Å²) < 4.78 is 6.53. The number of ether oxygens (including phenoxy) is 1. The Morgan fingerprint density at radius 3 is 1.75 bits per heavy atom. The second kappa shape index (κ2) is 15.1. The van der Waals surface area contributed by atoms with Gasteiger partial charge in [0.2, 0.25) is 5.88 Å². The van der Waals surface area contributed by atoms with Crippen molar-refractivity contribution in [1.29, 1.82) is 0 Å². The summed E-state index contributed by atoms with van der Waals surface area (Å²) in [5, 5.41) is 0. The fourth-order valence-corrected chi connectivity index (χ4v) is 7.37. The topological polar surface area (TPSA) is 28.6 Å². The van der Waals surface area contributed by atoms with Crippen molar-refractivity contribution in [2.45, 2.75) is 84.0 Å². The van der Waals surface area contributed by atoms with Gasteiger partial charge in [-0.2, -0.15) is 36.5 Å². The summed E-state index contributed by atoms with van der Waals surface area (Å²) >= 11 is 0. The molecule has 6 aromatic rings. The van der Waals surface area contributed by atoms with E-state index in [1.165, 1.54) is 16.8 Å². The Bertz CT molecular complexity index is 2220. The van der Waals surface area contributed by atoms with Gasteiger partial charge in [-0.05, 0) is 63.7 Å². The van der Waals surface area contributed by atoms with Crippen molar-refractivity contribution in [3.05, 3.63) is 185 Å². The van der Waals surface area contributed by atoms with E-state index < -0.39 is 5.41 Å². The Labute approximate surface area is 343 Å². The number of benzene rings is 5. The van der Waals surface area contributed by atoms with Gasteiger partial charge in [0.1, 0.15) is 0 Å². The van der Waals surface area contributed by atoms with Crippen LogP contribution in [0.2, 0.25) is 0 Å². The monoisotopic (exact) mass is 905 g/mol. The predicted octanol–water partition coefficient (Wildman–Crippen LogP) is 12.5. The average Bonchev–Trinajstić information content (AvgIpc) is 3.47. The molecule has 0 saturated heterocycles. The van der Waals surface area contributed by atoms with Crippen LogP contribution < -0.4 is 14.5 Å². The van der Waals surface area contributed by atoms with Crippen molar-refractivity contribution in [1.82, 2.24) is 4.98 Å². The van der Waals surface area contributed by atoms with Crippen LogP contribution in [0.1, 0.15) is 101 Å². The van der Waals surface area contributed by atoms with E-state index in [1.54, 1.807) is 0 Å². The van der Waals surface area contributed by atoms with Crippen LogP contribution in [0.15, 0.2) is 128 Å². The molecule has 0 spiro atoms. The first-order valence-corrected chi connectivity index (χ1v) is 18.9. The molecule has 2 heterocycles. The molecule has 0 fully saturated rings. The summed E-state index contributed by atoms with van der Waals surface area (Å²) in [6.07, 6.45) is 1.82. The minimum absolute atomic E-state index is 0. The molecule has 4 nitrogen and oxygen atoms in total. The number of aromatic nitrogens is 1. The third-order valence-electron chi connectivity index (χ3n) is 10.6. The minimum Gasteiger partial charge on any atom is -0.504 e. The third kappa shape index (κ3) is 7.90. The Kier molecular flexibility index (Phi) is 11.0. The molecular formula is C50H52N3OPt-3. The molecule has 7 rings (SSSR count). The summed E-state index contributed by atoms with van der Waals surface area (Å²) in [6, 6.07) is 51.1. The van der Waals surface area contributed by atoms with E-state index in [9.17, 15) is 0 Å². The number of pyridine rings is 1. The Hall–Kier alpha value is -4.66. The van der Waals surface area contributed by atoms with Crippen molar-refractivity contribution >= 4 is 17.1 Å². The van der Waals surface area contributed by atoms with Gasteiger partial charge in [-0.3, -0.25) is 0 Å². The van der Waals surface area contributed by atoms with Crippen LogP contribution in [-0.2, 0) is 42.7 Å². The first kappa shape index (κ1) is 40.0. The molecule has 1 aliphatic heterocycles. The van der Waals surface area contributed by atoms with Gasteiger partial charge in [-0.15, -0.1) is 35.0 Å². The van der Waals surface area contributed by atoms with E-state index in [0.29, 0.717) is 11.6 Å². The quantitative estimate of drug-likeness (QED) is 0.118. The zero-order valence-electron chi connectivity index (χ0n) is 33.8. The molecular weight excluding hydrogens is 854 g/mol. The van der Waals surface area contributed by atoms with Gasteiger partial charge in [0.05, 0.1) is 0 Å². The van der Waals surface area contributed by atoms with Gasteiger partial charge in [0.25, 0.3) is 0 Å². The Morgan fingerprint density at radius 1 is 0.545 bits per heavy atom. The largest absolute Gasteiger partial charge is 0.504 e. The van der Waals surface area contributed by atoms with Gasteiger partial charge in [0.15, 0.2) is 0 Å². The maximum absolute atomic E-state index is 6.53. The fraction of sp³-hybridized carbons (Fsp3) is 0.280. The number of anilines is 3. The summed E-state index contributed by atoms with van der Waals surface area (Å²) in [4.78, 5) is 9.11. The van der Waals surface area contributed by atoms with Crippen LogP contribution in [0, 0.1) is 18.8 Å². The molecule has 0 unspecified atom stereocenters. The molecule has 1 aliphatic rings. The van der Waals surface area contributed by atoms with Crippen molar-refractivity contribution in [2.24, 2.45) is 0 Å². The number of rotatable bonds is 7. The summed E-state index contributed by atoms with van der Waals surface area (Å²) in [7, 11) is 2.12. The van der Waals surface area contributed by atoms with Crippen LogP contribution in [0.25, 0.3) is 0 Å². The van der Waals surface area contributed by atoms with Crippen LogP contribution in [0.5, 0.6) is 11.6 Å². The van der Waals surface area contributed by atoms with Crippen molar-refractivity contribution < 1.29 is 25.8 Å². The van der Waals surface area contributed by atoms with Crippen molar-refractivity contribution in [3.63, 3.8) is 0 Å². The Balaban J connectivity index is 0.00000514. The summed E-state index contributed by atoms with van der Waals surface area (Å²) in [5.74, 6) is 1.15. The molecule has 0 saturated carbocycles. The molecule has 55 heavy (non-hydrogen) atoms. The van der Waals surface area contributed by atoms with Crippen molar-refractivity contribution in [2.75, 3.05) is 16.8 Å². The number of hydrogen-bond acceptors (Lipinski definition) is 4. The van der Waals surface area contributed by atoms with Gasteiger partial charge in [-0.1, -0.05) is 129 Å². The van der Waals surface area contributed by atoms with E-state index in [0.717, 1.165) is 39.2 Å². The molecule has 0 atom stereocenters. The molecule has 0 bridgehead atoms. The number of fused-ring (bicyclic) bond motifs is 1. The van der Waals surface area contributed by atoms with E-state index in [1.807, 2.05) is 18.3 Å². The van der Waals surface area contributed by atoms with Gasteiger partial charge in [-0.25, -0.2) is 4.98 Å². The number of nitrogens with zero attached hydrogens (tertiary/aromatic N) is 3. The van der Waals surface area contributed by atoms with Gasteiger partial charge >= 0.3 is 0 Å². The zero-order valence-corrected chi connectivity index (χ0v) is 36.0. The molecule has 0 N–H and O–H groups in total. The molecule has 1 aromatic heterocycles. The normalized spacial score (nSPS) is 13.3. The zero-order chi connectivity index (χ0) is 38.5. The summed E-state index contributed by atoms with van der Waals surface area (Å²) in [5.41, 5.74) is 10.2. The second-order valence-corrected chi connectivity index (χ2v) is 17.6. The van der Waals surface area contributed by atoms with Gasteiger partial charge in [0, 0.05) is 55.9 Å². The molecule has 0 aliphatic carbocycles. The molecule has 286 valence electrons. The summed E-state index contributed by atoms with van der Waals surface area (Å²) in [6.45, 7) is 22.4. The first-order chi connectivity index (χ1) is 25.5. The van der Waals surface area contributed by atoms with Crippen LogP contribution in [-0.4, -0.2) is 12.0 Å². The molecule has 0 amide bonds. The predicted molar refractivity (Wildman–Crippen MR) is 224 cm³/mol. The van der Waals surface area contributed by atoms with E-state index in [2.05, 4.69) is 212 Å². The minimum atomic E-state index is -0.805. The average molecular weight is 906 g/mol. The second-order valence-electron chi connectivity index (χ2n) is 17.6. The Morgan fingerprint density at radius 2 is 1.15 bits per heavy atom. The van der Waals surface area contributed by atoms with E-state index in [-0.39, 0.29) is 37.3 Å². The maximum Gasteiger partial charge on any atom is 0.216 e. The van der Waals surface area contributed by atoms with E-state index >= 15 is 0 Å². The van der Waals surface area contributed by atoms with Gasteiger partial charge < -0.3 is 14.5 Å². The fourth-order valence-electron chi connectivity index (χ4n) is 7.37. The van der Waals surface area contributed by atoms with Crippen LogP contribution >= 0.6 is 0 Å². The maximum atomic E-state index is 6.53. The molecule has 5 aromatic carbocycles. The third-order valence-corrected chi connectivity index (χ3v) is 10.6. The van der Waals surface area contributed by atoms with Crippen LogP contribution in [0.3, 0.4) is 0 Å². The SMILES string of the molecule is CN1[CH-]N(c2[c-]c(C(c3[c-]c(Oc4cc(C(C)(C)C)ccn4)ccc3)(c3ccccc3)c3ccccc3)cc(C(C)(C)C)c2)c2cc(C(C)(C)C)ccc21.[Pt]. The number of hydrogen-bond donors (Lipinski definition) is 0. The standard InChI is InChI=1S/C50H52N3O.Pt/c1-47(2,3)37-24-25-44-45(32-37)53(34-52(44)10)42-29-40(49(7,8)9)28-41(30-42)50(35-18-13-11-14-19-35,36-20-15-12-16-21-36)39-22-17-23-43(31-39)54-46-33-38(26-27-51-46)48(4,5)6;/h11-29,32-34H,1-10H3;/q-3;. The van der Waals surface area contributed by atoms with Crippen LogP contribution in [0.4, 0.5) is 17.1 Å².